The predicted octanol–water partition coefficient (Wildman–Crippen LogP) is 1.82. The van der Waals surface area contributed by atoms with Crippen molar-refractivity contribution >= 4 is 22.6 Å². The highest BCUT2D eigenvalue weighted by molar-refractivity contribution is 6.32. The van der Waals surface area contributed by atoms with Gasteiger partial charge in [0.25, 0.3) is 5.56 Å². The van der Waals surface area contributed by atoms with E-state index in [0.717, 1.165) is 0 Å². The largest absolute Gasteiger partial charge is 0.491 e. The Kier molecular flexibility index (Phi) is 4.82. The Morgan fingerprint density at radius 3 is 2.96 bits per heavy atom. The predicted molar refractivity (Wildman–Crippen MR) is 92.4 cm³/mol. The molecule has 0 atom stereocenters. The number of halogens is 1. The van der Waals surface area contributed by atoms with Crippen molar-refractivity contribution in [2.45, 2.75) is 6.54 Å². The van der Waals surface area contributed by atoms with E-state index in [1.54, 1.807) is 17.8 Å². The van der Waals surface area contributed by atoms with E-state index >= 15 is 0 Å². The maximum Gasteiger partial charge on any atom is 0.262 e. The molecule has 1 aromatic carbocycles. The van der Waals surface area contributed by atoms with E-state index in [2.05, 4.69) is 15.1 Å². The summed E-state index contributed by atoms with van der Waals surface area (Å²) in [7, 11) is 3.70. The molecule has 0 unspecified atom stereocenters. The fourth-order valence-corrected chi connectivity index (χ4v) is 2.55. The molecule has 0 bridgehead atoms. The molecule has 8 heteroatoms. The summed E-state index contributed by atoms with van der Waals surface area (Å²) >= 11 is 6.05. The summed E-state index contributed by atoms with van der Waals surface area (Å²) in [6.07, 6.45) is 1.52. The van der Waals surface area contributed by atoms with E-state index in [4.69, 9.17) is 16.3 Å². The van der Waals surface area contributed by atoms with Crippen molar-refractivity contribution in [1.82, 2.24) is 24.6 Å². The Balaban J connectivity index is 1.61. The van der Waals surface area contributed by atoms with Crippen molar-refractivity contribution in [1.29, 1.82) is 0 Å². The minimum absolute atomic E-state index is 0.177. The number of para-hydroxylation sites is 1. The zero-order chi connectivity index (χ0) is 17.1. The van der Waals surface area contributed by atoms with Crippen molar-refractivity contribution in [3.8, 4) is 5.75 Å². The molecule has 0 aliphatic heterocycles. The number of likely N-dealkylation sites (N-methyl/N-ethyl adjacent to an activating group) is 1. The van der Waals surface area contributed by atoms with Gasteiger partial charge >= 0.3 is 0 Å². The first-order chi connectivity index (χ1) is 11.5. The van der Waals surface area contributed by atoms with Gasteiger partial charge < -0.3 is 9.72 Å². The summed E-state index contributed by atoms with van der Waals surface area (Å²) in [6.45, 7) is 1.65. The van der Waals surface area contributed by atoms with E-state index in [-0.39, 0.29) is 5.56 Å². The number of aryl methyl sites for hydroxylation is 1. The molecule has 126 valence electrons. The summed E-state index contributed by atoms with van der Waals surface area (Å²) in [5, 5.41) is 5.14. The van der Waals surface area contributed by atoms with Gasteiger partial charge in [0.05, 0.1) is 17.8 Å². The maximum atomic E-state index is 12.0. The highest BCUT2D eigenvalue weighted by Gasteiger charge is 2.10. The lowest BCUT2D eigenvalue weighted by atomic mass is 10.3. The van der Waals surface area contributed by atoms with Crippen LogP contribution < -0.4 is 10.3 Å². The second kappa shape index (κ2) is 7.02. The maximum absolute atomic E-state index is 12.0. The molecular formula is C16H18ClN5O2. The fourth-order valence-electron chi connectivity index (χ4n) is 2.36. The van der Waals surface area contributed by atoms with Crippen LogP contribution >= 0.6 is 11.6 Å². The third-order valence-electron chi connectivity index (χ3n) is 3.64. The van der Waals surface area contributed by atoms with Crippen LogP contribution in [0.3, 0.4) is 0 Å². The van der Waals surface area contributed by atoms with Gasteiger partial charge in [-0.25, -0.2) is 4.98 Å². The Morgan fingerprint density at radius 1 is 1.38 bits per heavy atom. The highest BCUT2D eigenvalue weighted by Crippen LogP contribution is 2.22. The lowest BCUT2D eigenvalue weighted by Gasteiger charge is -2.16. The van der Waals surface area contributed by atoms with Gasteiger partial charge in [-0.15, -0.1) is 0 Å². The van der Waals surface area contributed by atoms with Crippen LogP contribution in [-0.4, -0.2) is 44.8 Å². The Hall–Kier alpha value is -2.38. The minimum Gasteiger partial charge on any atom is -0.491 e. The van der Waals surface area contributed by atoms with Crippen LogP contribution in [-0.2, 0) is 13.6 Å². The second-order valence-electron chi connectivity index (χ2n) is 5.53. The van der Waals surface area contributed by atoms with Gasteiger partial charge in [-0.2, -0.15) is 5.10 Å². The number of nitrogens with zero attached hydrogens (tertiary/aromatic N) is 4. The van der Waals surface area contributed by atoms with Gasteiger partial charge in [0.1, 0.15) is 23.6 Å². The van der Waals surface area contributed by atoms with E-state index in [9.17, 15) is 4.79 Å². The fraction of sp³-hybridized carbons (Fsp3) is 0.312. The van der Waals surface area contributed by atoms with Gasteiger partial charge in [0.15, 0.2) is 5.65 Å². The average molecular weight is 348 g/mol. The third-order valence-corrected chi connectivity index (χ3v) is 3.95. The summed E-state index contributed by atoms with van der Waals surface area (Å²) in [5.41, 5.74) is 0.401. The van der Waals surface area contributed by atoms with Crippen molar-refractivity contribution in [3.05, 3.63) is 51.7 Å². The summed E-state index contributed by atoms with van der Waals surface area (Å²) in [5.74, 6) is 1.26. The molecule has 0 spiro atoms. The molecule has 0 radical (unpaired) electrons. The molecule has 7 nitrogen and oxygen atoms in total. The summed E-state index contributed by atoms with van der Waals surface area (Å²) < 4.78 is 7.26. The second-order valence-corrected chi connectivity index (χ2v) is 5.94. The van der Waals surface area contributed by atoms with Gasteiger partial charge in [0, 0.05) is 13.6 Å². The number of nitrogens with one attached hydrogen (secondary N) is 1. The van der Waals surface area contributed by atoms with Crippen LogP contribution in [0.2, 0.25) is 5.02 Å². The summed E-state index contributed by atoms with van der Waals surface area (Å²) in [4.78, 5) is 21.3. The number of aromatic nitrogens is 4. The van der Waals surface area contributed by atoms with Gasteiger partial charge in [-0.05, 0) is 19.2 Å². The number of rotatable bonds is 6. The lowest BCUT2D eigenvalue weighted by molar-refractivity contribution is 0.230. The smallest absolute Gasteiger partial charge is 0.262 e. The first-order valence-corrected chi connectivity index (χ1v) is 7.89. The first-order valence-electron chi connectivity index (χ1n) is 7.51. The number of H-pyrrole nitrogens is 1. The Labute approximate surface area is 143 Å². The third kappa shape index (κ3) is 3.58. The van der Waals surface area contributed by atoms with Crippen LogP contribution in [0.5, 0.6) is 5.75 Å². The molecule has 3 rings (SSSR count). The monoisotopic (exact) mass is 347 g/mol. The van der Waals surface area contributed by atoms with Gasteiger partial charge in [0.2, 0.25) is 0 Å². The number of benzene rings is 1. The summed E-state index contributed by atoms with van der Waals surface area (Å²) in [6, 6.07) is 7.36. The van der Waals surface area contributed by atoms with E-state index in [1.165, 1.54) is 6.20 Å². The molecule has 1 N–H and O–H groups in total. The average Bonchev–Trinajstić information content (AvgIpc) is 2.91. The molecule has 0 saturated heterocycles. The van der Waals surface area contributed by atoms with Gasteiger partial charge in [-0.1, -0.05) is 23.7 Å². The quantitative estimate of drug-likeness (QED) is 0.736. The molecule has 0 fully saturated rings. The van der Waals surface area contributed by atoms with Crippen LogP contribution in [0.4, 0.5) is 0 Å². The van der Waals surface area contributed by atoms with Crippen molar-refractivity contribution < 1.29 is 4.74 Å². The Morgan fingerprint density at radius 2 is 2.17 bits per heavy atom. The number of ether oxygens (including phenoxy) is 1. The highest BCUT2D eigenvalue weighted by atomic mass is 35.5. The van der Waals surface area contributed by atoms with E-state index in [1.807, 2.05) is 30.1 Å². The van der Waals surface area contributed by atoms with Crippen LogP contribution in [0, 0.1) is 0 Å². The molecule has 0 aliphatic carbocycles. The number of hydrogen-bond acceptors (Lipinski definition) is 5. The van der Waals surface area contributed by atoms with Crippen LogP contribution in [0.15, 0.2) is 35.3 Å². The van der Waals surface area contributed by atoms with Crippen molar-refractivity contribution in [2.75, 3.05) is 20.2 Å². The molecule has 0 amide bonds. The molecule has 2 heterocycles. The van der Waals surface area contributed by atoms with Crippen molar-refractivity contribution in [2.24, 2.45) is 7.05 Å². The first kappa shape index (κ1) is 16.5. The molecule has 3 aromatic rings. The van der Waals surface area contributed by atoms with E-state index in [0.29, 0.717) is 47.3 Å². The SMILES string of the molecule is CN(CCOc1ccccc1Cl)Cc1nc2c(cnn2C)c(=O)[nH]1. The normalized spacial score (nSPS) is 11.3. The van der Waals surface area contributed by atoms with Gasteiger partial charge in [-0.3, -0.25) is 14.4 Å². The molecule has 0 saturated carbocycles. The molecule has 0 aliphatic rings. The van der Waals surface area contributed by atoms with Crippen molar-refractivity contribution in [3.63, 3.8) is 0 Å². The zero-order valence-corrected chi connectivity index (χ0v) is 14.2. The lowest BCUT2D eigenvalue weighted by Crippen LogP contribution is -2.26. The number of hydrogen-bond donors (Lipinski definition) is 1. The zero-order valence-electron chi connectivity index (χ0n) is 13.5. The minimum atomic E-state index is -0.177. The molecule has 24 heavy (non-hydrogen) atoms. The molecular weight excluding hydrogens is 330 g/mol. The van der Waals surface area contributed by atoms with Crippen LogP contribution in [0.25, 0.3) is 11.0 Å². The van der Waals surface area contributed by atoms with E-state index < -0.39 is 0 Å². The standard InChI is InChI=1S/C16H18ClN5O2/c1-21(7-8-24-13-6-4-3-5-12(13)17)10-14-19-15-11(16(23)20-14)9-18-22(15)2/h3-6,9H,7-8,10H2,1-2H3,(H,19,20,23). The molecule has 2 aromatic heterocycles. The Bertz CT molecular complexity index is 905. The number of fused-ring (bicyclic) bond motifs is 1. The number of aromatic amines is 1. The topological polar surface area (TPSA) is 76.0 Å². The van der Waals surface area contributed by atoms with Crippen LogP contribution in [0.1, 0.15) is 5.82 Å².